The summed E-state index contributed by atoms with van der Waals surface area (Å²) in [7, 11) is 3.09. The van der Waals surface area contributed by atoms with Crippen LogP contribution in [0.25, 0.3) is 0 Å². The largest absolute Gasteiger partial charge is 0.327 e. The maximum Gasteiger partial charge on any atom is 0.327 e. The first-order valence-electron chi connectivity index (χ1n) is 11.1. The molecule has 3 N–H and O–H groups in total. The summed E-state index contributed by atoms with van der Waals surface area (Å²) in [6.45, 7) is 2.07. The number of aryl methyl sites for hydroxylation is 1. The number of amides is 4. The molecule has 2 saturated heterocycles. The van der Waals surface area contributed by atoms with Gasteiger partial charge in [-0.2, -0.15) is 0 Å². The number of halogens is 1. The van der Waals surface area contributed by atoms with E-state index >= 15 is 0 Å². The third kappa shape index (κ3) is 4.94. The van der Waals surface area contributed by atoms with E-state index in [4.69, 9.17) is 0 Å². The molecule has 4 rings (SSSR count). The Morgan fingerprint density at radius 1 is 1.06 bits per heavy atom. The molecule has 180 valence electrons. The lowest BCUT2D eigenvalue weighted by Crippen LogP contribution is -2.72. The maximum atomic E-state index is 13.4. The van der Waals surface area contributed by atoms with E-state index in [1.54, 1.807) is 19.2 Å². The zero-order chi connectivity index (χ0) is 24.4. The van der Waals surface area contributed by atoms with E-state index in [1.807, 2.05) is 24.3 Å². The van der Waals surface area contributed by atoms with Crippen LogP contribution in [0, 0.1) is 11.7 Å². The standard InChI is InChI=1S/C24H28FN5O3S/c1-4-14-5-11-17(12-6-14)26-18(31)13-34-22-19-21(29(2)24(33)30(3)23(19)32)27-20(28-22)15-7-9-16(25)10-8-15/h5-12,19-22,27-28H,4,13H2,1-3H3,(H,26,31). The van der Waals surface area contributed by atoms with Gasteiger partial charge in [0.15, 0.2) is 0 Å². The second-order valence-electron chi connectivity index (χ2n) is 8.41. The van der Waals surface area contributed by atoms with Gasteiger partial charge in [-0.1, -0.05) is 31.2 Å². The fraction of sp³-hybridized carbons (Fsp3) is 0.375. The SMILES string of the molecule is CCc1ccc(NC(=O)CSC2NC(c3ccc(F)cc3)NC3C2C(=O)N(C)C(=O)N3C)cc1. The second-order valence-corrected chi connectivity index (χ2v) is 9.54. The van der Waals surface area contributed by atoms with Crippen molar-refractivity contribution in [3.63, 3.8) is 0 Å². The number of imide groups is 1. The van der Waals surface area contributed by atoms with Gasteiger partial charge in [0.1, 0.15) is 5.82 Å². The Labute approximate surface area is 202 Å². The van der Waals surface area contributed by atoms with Gasteiger partial charge < -0.3 is 10.2 Å². The van der Waals surface area contributed by atoms with Gasteiger partial charge in [-0.15, -0.1) is 11.8 Å². The molecule has 2 aliphatic heterocycles. The molecule has 4 atom stereocenters. The lowest BCUT2D eigenvalue weighted by Gasteiger charge is -2.50. The fourth-order valence-electron chi connectivity index (χ4n) is 4.23. The zero-order valence-corrected chi connectivity index (χ0v) is 20.1. The van der Waals surface area contributed by atoms with Crippen molar-refractivity contribution in [2.24, 2.45) is 5.92 Å². The van der Waals surface area contributed by atoms with Crippen LogP contribution in [0.1, 0.15) is 24.2 Å². The first kappa shape index (κ1) is 24.2. The van der Waals surface area contributed by atoms with Crippen molar-refractivity contribution in [3.8, 4) is 0 Å². The van der Waals surface area contributed by atoms with Gasteiger partial charge in [-0.3, -0.25) is 25.1 Å². The van der Waals surface area contributed by atoms with Crippen molar-refractivity contribution in [2.45, 2.75) is 31.0 Å². The summed E-state index contributed by atoms with van der Waals surface area (Å²) in [5.74, 6) is -1.36. The predicted molar refractivity (Wildman–Crippen MR) is 129 cm³/mol. The van der Waals surface area contributed by atoms with Gasteiger partial charge in [-0.05, 0) is 41.8 Å². The van der Waals surface area contributed by atoms with Crippen molar-refractivity contribution in [1.82, 2.24) is 20.4 Å². The quantitative estimate of drug-likeness (QED) is 0.583. The van der Waals surface area contributed by atoms with Crippen molar-refractivity contribution >= 4 is 35.3 Å². The topological polar surface area (TPSA) is 93.8 Å². The van der Waals surface area contributed by atoms with Gasteiger partial charge in [-0.25, -0.2) is 9.18 Å². The van der Waals surface area contributed by atoms with E-state index in [2.05, 4.69) is 22.9 Å². The Hall–Kier alpha value is -2.95. The monoisotopic (exact) mass is 485 g/mol. The van der Waals surface area contributed by atoms with Crippen LogP contribution in [0.4, 0.5) is 14.9 Å². The molecular formula is C24H28FN5O3S. The number of thioether (sulfide) groups is 1. The van der Waals surface area contributed by atoms with Crippen LogP contribution in [0.5, 0.6) is 0 Å². The van der Waals surface area contributed by atoms with Crippen molar-refractivity contribution < 1.29 is 18.8 Å². The molecule has 34 heavy (non-hydrogen) atoms. The van der Waals surface area contributed by atoms with E-state index in [1.165, 1.54) is 41.4 Å². The Balaban J connectivity index is 1.51. The Bertz CT molecular complexity index is 1070. The molecule has 0 spiro atoms. The number of hydrogen-bond donors (Lipinski definition) is 3. The van der Waals surface area contributed by atoms with Gasteiger partial charge in [0.2, 0.25) is 11.8 Å². The van der Waals surface area contributed by atoms with Crippen molar-refractivity contribution in [1.29, 1.82) is 0 Å². The predicted octanol–water partition coefficient (Wildman–Crippen LogP) is 2.74. The average Bonchev–Trinajstić information content (AvgIpc) is 2.85. The third-order valence-electron chi connectivity index (χ3n) is 6.20. The van der Waals surface area contributed by atoms with Crippen LogP contribution < -0.4 is 16.0 Å². The molecule has 2 aromatic rings. The highest BCUT2D eigenvalue weighted by atomic mass is 32.2. The Morgan fingerprint density at radius 2 is 1.74 bits per heavy atom. The number of nitrogens with one attached hydrogen (secondary N) is 3. The number of anilines is 1. The molecule has 2 aliphatic rings. The minimum absolute atomic E-state index is 0.112. The van der Waals surface area contributed by atoms with E-state index in [0.29, 0.717) is 5.69 Å². The summed E-state index contributed by atoms with van der Waals surface area (Å²) in [5.41, 5.74) is 2.66. The molecule has 0 radical (unpaired) electrons. The molecule has 0 saturated carbocycles. The first-order valence-corrected chi connectivity index (χ1v) is 12.2. The molecular weight excluding hydrogens is 457 g/mol. The summed E-state index contributed by atoms with van der Waals surface area (Å²) in [6, 6.07) is 13.3. The molecule has 0 bridgehead atoms. The zero-order valence-electron chi connectivity index (χ0n) is 19.2. The number of carbonyl (C=O) groups excluding carboxylic acids is 3. The first-order chi connectivity index (χ1) is 16.3. The van der Waals surface area contributed by atoms with Crippen LogP contribution in [0.3, 0.4) is 0 Å². The van der Waals surface area contributed by atoms with Gasteiger partial charge in [0.25, 0.3) is 0 Å². The smallest absolute Gasteiger partial charge is 0.325 e. The van der Waals surface area contributed by atoms with Crippen molar-refractivity contribution in [2.75, 3.05) is 25.2 Å². The lowest BCUT2D eigenvalue weighted by molar-refractivity contribution is -0.140. The molecule has 10 heteroatoms. The van der Waals surface area contributed by atoms with E-state index in [0.717, 1.165) is 16.9 Å². The highest BCUT2D eigenvalue weighted by Gasteiger charge is 2.51. The summed E-state index contributed by atoms with van der Waals surface area (Å²) >= 11 is 1.31. The molecule has 0 aromatic heterocycles. The summed E-state index contributed by atoms with van der Waals surface area (Å²) in [6.07, 6.45) is -0.0898. The molecule has 8 nitrogen and oxygen atoms in total. The number of rotatable bonds is 6. The molecule has 0 aliphatic carbocycles. The number of urea groups is 1. The number of benzene rings is 2. The minimum atomic E-state index is -0.606. The highest BCUT2D eigenvalue weighted by molar-refractivity contribution is 8.00. The van der Waals surface area contributed by atoms with E-state index in [-0.39, 0.29) is 23.4 Å². The number of fused-ring (bicyclic) bond motifs is 1. The van der Waals surface area contributed by atoms with E-state index in [9.17, 15) is 18.8 Å². The number of hydrogen-bond acceptors (Lipinski definition) is 6. The summed E-state index contributed by atoms with van der Waals surface area (Å²) in [4.78, 5) is 40.8. The fourth-order valence-corrected chi connectivity index (χ4v) is 5.34. The Kier molecular flexibility index (Phi) is 7.20. The van der Waals surface area contributed by atoms with E-state index < -0.39 is 29.7 Å². The van der Waals surface area contributed by atoms with Crippen LogP contribution in [-0.4, -0.2) is 59.0 Å². The van der Waals surface area contributed by atoms with Crippen LogP contribution in [0.2, 0.25) is 0 Å². The van der Waals surface area contributed by atoms with Crippen LogP contribution >= 0.6 is 11.8 Å². The summed E-state index contributed by atoms with van der Waals surface area (Å²) < 4.78 is 13.4. The maximum absolute atomic E-state index is 13.4. The molecule has 2 aromatic carbocycles. The van der Waals surface area contributed by atoms with Gasteiger partial charge in [0.05, 0.1) is 29.4 Å². The Morgan fingerprint density at radius 3 is 2.38 bits per heavy atom. The molecule has 4 unspecified atom stereocenters. The van der Waals surface area contributed by atoms with Gasteiger partial charge in [0, 0.05) is 19.8 Å². The second kappa shape index (κ2) is 10.1. The highest BCUT2D eigenvalue weighted by Crippen LogP contribution is 2.34. The third-order valence-corrected chi connectivity index (χ3v) is 7.42. The van der Waals surface area contributed by atoms with Gasteiger partial charge >= 0.3 is 6.03 Å². The lowest BCUT2D eigenvalue weighted by atomic mass is 9.96. The molecule has 4 amide bonds. The normalized spacial score (nSPS) is 24.7. The van der Waals surface area contributed by atoms with Crippen molar-refractivity contribution in [3.05, 3.63) is 65.5 Å². The average molecular weight is 486 g/mol. The number of carbonyl (C=O) groups is 3. The number of nitrogens with zero attached hydrogens (tertiary/aromatic N) is 2. The van der Waals surface area contributed by atoms with Crippen LogP contribution in [-0.2, 0) is 16.0 Å². The minimum Gasteiger partial charge on any atom is -0.325 e. The van der Waals surface area contributed by atoms with Crippen LogP contribution in [0.15, 0.2) is 48.5 Å². The summed E-state index contributed by atoms with van der Waals surface area (Å²) in [5, 5.41) is 9.10. The molecule has 2 fully saturated rings. The molecule has 2 heterocycles.